The molecule has 1 fully saturated rings. The second-order valence-corrected chi connectivity index (χ2v) is 4.54. The Bertz CT molecular complexity index is 186. The van der Waals surface area contributed by atoms with Crippen molar-refractivity contribution in [2.45, 2.75) is 52.1 Å². The molecule has 0 aromatic rings. The van der Waals surface area contributed by atoms with E-state index in [2.05, 4.69) is 31.4 Å². The Balaban J connectivity index is 2.33. The van der Waals surface area contributed by atoms with Crippen molar-refractivity contribution in [2.75, 3.05) is 6.54 Å². The van der Waals surface area contributed by atoms with Crippen molar-refractivity contribution in [3.63, 3.8) is 0 Å². The van der Waals surface area contributed by atoms with E-state index in [9.17, 15) is 4.79 Å². The molecule has 1 rings (SSSR count). The minimum absolute atomic E-state index is 0.0462. The molecule has 0 saturated carbocycles. The van der Waals surface area contributed by atoms with E-state index in [1.54, 1.807) is 0 Å². The summed E-state index contributed by atoms with van der Waals surface area (Å²) in [6, 6.07) is 0.316. The standard InChI is InChI=1S/C11H22N2O/c1-8(2)9(3)13-11(14)10-6-4-5-7-12-10/h8-10,12H,4-7H2,1-3H3,(H,13,14)/t9?,10-/m0/s1. The number of hydrogen-bond acceptors (Lipinski definition) is 2. The molecule has 3 nitrogen and oxygen atoms in total. The lowest BCUT2D eigenvalue weighted by molar-refractivity contribution is -0.124. The van der Waals surface area contributed by atoms with Crippen LogP contribution in [0, 0.1) is 5.92 Å². The zero-order valence-electron chi connectivity index (χ0n) is 9.47. The first-order valence-electron chi connectivity index (χ1n) is 5.65. The van der Waals surface area contributed by atoms with E-state index in [1.165, 1.54) is 12.8 Å². The lowest BCUT2D eigenvalue weighted by Crippen LogP contribution is -2.49. The van der Waals surface area contributed by atoms with Gasteiger partial charge in [-0.3, -0.25) is 4.79 Å². The molecule has 1 aliphatic heterocycles. The van der Waals surface area contributed by atoms with Crippen molar-refractivity contribution >= 4 is 5.91 Å². The highest BCUT2D eigenvalue weighted by Crippen LogP contribution is 2.08. The van der Waals surface area contributed by atoms with Crippen LogP contribution in [0.15, 0.2) is 0 Å². The molecule has 0 aliphatic carbocycles. The zero-order chi connectivity index (χ0) is 10.6. The van der Waals surface area contributed by atoms with Gasteiger partial charge in [-0.2, -0.15) is 0 Å². The van der Waals surface area contributed by atoms with Crippen molar-refractivity contribution < 1.29 is 4.79 Å². The lowest BCUT2D eigenvalue weighted by Gasteiger charge is -2.25. The van der Waals surface area contributed by atoms with Gasteiger partial charge in [0, 0.05) is 6.04 Å². The Labute approximate surface area is 86.6 Å². The predicted molar refractivity (Wildman–Crippen MR) is 58.1 cm³/mol. The van der Waals surface area contributed by atoms with Gasteiger partial charge in [0.1, 0.15) is 0 Å². The topological polar surface area (TPSA) is 41.1 Å². The van der Waals surface area contributed by atoms with Gasteiger partial charge in [-0.05, 0) is 32.2 Å². The third-order valence-corrected chi connectivity index (χ3v) is 3.00. The van der Waals surface area contributed by atoms with Crippen LogP contribution in [0.1, 0.15) is 40.0 Å². The van der Waals surface area contributed by atoms with E-state index in [1.807, 2.05) is 0 Å². The molecule has 2 atom stereocenters. The Morgan fingerprint density at radius 2 is 2.07 bits per heavy atom. The first-order valence-corrected chi connectivity index (χ1v) is 5.65. The SMILES string of the molecule is CC(C)C(C)NC(=O)[C@@H]1CCCCN1. The average molecular weight is 198 g/mol. The molecule has 1 amide bonds. The first kappa shape index (κ1) is 11.5. The highest BCUT2D eigenvalue weighted by atomic mass is 16.2. The smallest absolute Gasteiger partial charge is 0.237 e. The van der Waals surface area contributed by atoms with Gasteiger partial charge in [0.05, 0.1) is 6.04 Å². The fraction of sp³-hybridized carbons (Fsp3) is 0.909. The summed E-state index contributed by atoms with van der Waals surface area (Å²) < 4.78 is 0. The van der Waals surface area contributed by atoms with E-state index < -0.39 is 0 Å². The highest BCUT2D eigenvalue weighted by Gasteiger charge is 2.22. The molecule has 1 unspecified atom stereocenters. The molecule has 1 heterocycles. The molecule has 0 spiro atoms. The number of hydrogen-bond donors (Lipinski definition) is 2. The van der Waals surface area contributed by atoms with Crippen LogP contribution >= 0.6 is 0 Å². The fourth-order valence-corrected chi connectivity index (χ4v) is 1.57. The molecule has 0 aromatic carbocycles. The maximum atomic E-state index is 11.7. The normalized spacial score (nSPS) is 24.7. The maximum absolute atomic E-state index is 11.7. The molecular weight excluding hydrogens is 176 g/mol. The number of carbonyl (C=O) groups is 1. The van der Waals surface area contributed by atoms with Gasteiger partial charge < -0.3 is 10.6 Å². The van der Waals surface area contributed by atoms with E-state index in [-0.39, 0.29) is 18.0 Å². The largest absolute Gasteiger partial charge is 0.352 e. The predicted octanol–water partition coefficient (Wildman–Crippen LogP) is 1.29. The van der Waals surface area contributed by atoms with Crippen LogP contribution in [-0.4, -0.2) is 24.5 Å². The van der Waals surface area contributed by atoms with Crippen LogP contribution in [-0.2, 0) is 4.79 Å². The summed E-state index contributed by atoms with van der Waals surface area (Å²) >= 11 is 0. The van der Waals surface area contributed by atoms with Gasteiger partial charge in [-0.25, -0.2) is 0 Å². The number of piperidine rings is 1. The minimum Gasteiger partial charge on any atom is -0.352 e. The van der Waals surface area contributed by atoms with Crippen molar-refractivity contribution in [1.29, 1.82) is 0 Å². The molecule has 0 bridgehead atoms. The molecule has 14 heavy (non-hydrogen) atoms. The molecule has 2 N–H and O–H groups in total. The van der Waals surface area contributed by atoms with Crippen LogP contribution < -0.4 is 10.6 Å². The van der Waals surface area contributed by atoms with Crippen LogP contribution in [0.2, 0.25) is 0 Å². The number of nitrogens with one attached hydrogen (secondary N) is 2. The number of rotatable bonds is 3. The summed E-state index contributed by atoms with van der Waals surface area (Å²) in [7, 11) is 0. The monoisotopic (exact) mass is 198 g/mol. The third kappa shape index (κ3) is 3.29. The maximum Gasteiger partial charge on any atom is 0.237 e. The van der Waals surface area contributed by atoms with Crippen molar-refractivity contribution in [3.05, 3.63) is 0 Å². The van der Waals surface area contributed by atoms with Gasteiger partial charge in [0.2, 0.25) is 5.91 Å². The van der Waals surface area contributed by atoms with E-state index >= 15 is 0 Å². The van der Waals surface area contributed by atoms with Crippen LogP contribution in [0.25, 0.3) is 0 Å². The second kappa shape index (κ2) is 5.35. The summed E-state index contributed by atoms with van der Waals surface area (Å²) in [6.07, 6.45) is 3.35. The summed E-state index contributed by atoms with van der Waals surface area (Å²) in [5.41, 5.74) is 0. The molecule has 3 heteroatoms. The van der Waals surface area contributed by atoms with E-state index in [4.69, 9.17) is 0 Å². The third-order valence-electron chi connectivity index (χ3n) is 3.00. The summed E-state index contributed by atoms with van der Waals surface area (Å²) in [6.45, 7) is 7.29. The Morgan fingerprint density at radius 3 is 2.57 bits per heavy atom. The van der Waals surface area contributed by atoms with Gasteiger partial charge in [0.25, 0.3) is 0 Å². The number of amides is 1. The average Bonchev–Trinajstić information content (AvgIpc) is 2.19. The molecular formula is C11H22N2O. The second-order valence-electron chi connectivity index (χ2n) is 4.54. The van der Waals surface area contributed by atoms with Crippen molar-refractivity contribution in [1.82, 2.24) is 10.6 Å². The molecule has 0 radical (unpaired) electrons. The highest BCUT2D eigenvalue weighted by molar-refractivity contribution is 5.82. The number of carbonyl (C=O) groups excluding carboxylic acids is 1. The minimum atomic E-state index is 0.0462. The van der Waals surface area contributed by atoms with Crippen molar-refractivity contribution in [2.24, 2.45) is 5.92 Å². The summed E-state index contributed by atoms with van der Waals surface area (Å²) in [4.78, 5) is 11.7. The van der Waals surface area contributed by atoms with Gasteiger partial charge in [-0.15, -0.1) is 0 Å². The summed E-state index contributed by atoms with van der Waals surface area (Å²) in [5, 5.41) is 6.30. The van der Waals surface area contributed by atoms with Gasteiger partial charge >= 0.3 is 0 Å². The lowest BCUT2D eigenvalue weighted by atomic mass is 10.0. The van der Waals surface area contributed by atoms with Crippen LogP contribution in [0.3, 0.4) is 0 Å². The first-order chi connectivity index (χ1) is 6.61. The van der Waals surface area contributed by atoms with Gasteiger partial charge in [0.15, 0.2) is 0 Å². The quantitative estimate of drug-likeness (QED) is 0.717. The fourth-order valence-electron chi connectivity index (χ4n) is 1.57. The summed E-state index contributed by atoms with van der Waals surface area (Å²) in [5.74, 6) is 0.674. The molecule has 1 aliphatic rings. The molecule has 1 saturated heterocycles. The van der Waals surface area contributed by atoms with Crippen LogP contribution in [0.5, 0.6) is 0 Å². The van der Waals surface area contributed by atoms with Crippen molar-refractivity contribution in [3.8, 4) is 0 Å². The Hall–Kier alpha value is -0.570. The molecule has 82 valence electrons. The van der Waals surface area contributed by atoms with Crippen LogP contribution in [0.4, 0.5) is 0 Å². The Kier molecular flexibility index (Phi) is 4.39. The van der Waals surface area contributed by atoms with E-state index in [0.29, 0.717) is 5.92 Å². The van der Waals surface area contributed by atoms with E-state index in [0.717, 1.165) is 13.0 Å². The zero-order valence-corrected chi connectivity index (χ0v) is 9.47. The molecule has 0 aromatic heterocycles. The Morgan fingerprint density at radius 1 is 1.36 bits per heavy atom. The van der Waals surface area contributed by atoms with Gasteiger partial charge in [-0.1, -0.05) is 20.3 Å².